The first kappa shape index (κ1) is 34.5. The lowest BCUT2D eigenvalue weighted by molar-refractivity contribution is -0.386. The number of benzene rings is 1. The highest BCUT2D eigenvalue weighted by Crippen LogP contribution is 2.32. The minimum absolute atomic E-state index is 0.0893. The third-order valence-corrected chi connectivity index (χ3v) is 3.71. The summed E-state index contributed by atoms with van der Waals surface area (Å²) in [4.78, 5) is 51.4. The number of carbonyl (C=O) groups is 4. The number of aliphatic hydroxyl groups is 1. The van der Waals surface area contributed by atoms with Crippen LogP contribution in [0.1, 0.15) is 39.2 Å². The number of carboxylic acids is 1. The minimum atomic E-state index is -1.06. The van der Waals surface area contributed by atoms with E-state index in [1.165, 1.54) is 39.2 Å². The summed E-state index contributed by atoms with van der Waals surface area (Å²) in [5.41, 5.74) is -0.0109. The van der Waals surface area contributed by atoms with Gasteiger partial charge in [-0.05, 0) is 18.6 Å². The van der Waals surface area contributed by atoms with Gasteiger partial charge in [0, 0.05) is 47.0 Å². The first-order valence-corrected chi connectivity index (χ1v) is 10.3. The van der Waals surface area contributed by atoms with E-state index in [1.54, 1.807) is 14.2 Å². The number of aliphatic hydroxyl groups excluding tert-OH is 1. The van der Waals surface area contributed by atoms with Crippen LogP contribution in [0.25, 0.3) is 0 Å². The number of methoxy groups -OCH3 is 2. The van der Waals surface area contributed by atoms with Crippen LogP contribution in [0.3, 0.4) is 0 Å². The Balaban J connectivity index is 0. The maximum Gasteiger partial charge on any atom is 0.335 e. The van der Waals surface area contributed by atoms with E-state index >= 15 is 0 Å². The predicted molar refractivity (Wildman–Crippen MR) is 123 cm³/mol. The Hall–Kier alpha value is -3.62. The lowest BCUT2D eigenvalue weighted by Gasteiger charge is -2.33. The molecule has 14 heteroatoms. The Labute approximate surface area is 208 Å². The second kappa shape index (κ2) is 19.7. The molecule has 0 bridgehead atoms. The second-order valence-electron chi connectivity index (χ2n) is 6.78. The fraction of sp³-hybridized carbons (Fsp3) is 0.545. The number of nitro benzene ring substituents is 1. The Bertz CT molecular complexity index is 839. The molecule has 0 amide bonds. The van der Waals surface area contributed by atoms with Crippen molar-refractivity contribution in [1.82, 2.24) is 0 Å². The molecule has 1 fully saturated rings. The summed E-state index contributed by atoms with van der Waals surface area (Å²) in [6, 6.07) is 3.97. The van der Waals surface area contributed by atoms with E-state index < -0.39 is 41.3 Å². The van der Waals surface area contributed by atoms with Gasteiger partial charge in [-0.1, -0.05) is 6.07 Å². The number of carboxylic acid groups (broad SMARTS) is 1. The number of hydrogen-bond donors (Lipinski definition) is 2. The maximum absolute atomic E-state index is 11.8. The van der Waals surface area contributed by atoms with E-state index in [9.17, 15) is 19.7 Å². The van der Waals surface area contributed by atoms with Crippen molar-refractivity contribution in [3.63, 3.8) is 0 Å². The molecule has 0 spiro atoms. The first-order chi connectivity index (χ1) is 16.9. The van der Waals surface area contributed by atoms with Crippen molar-refractivity contribution in [2.75, 3.05) is 21.3 Å². The van der Waals surface area contributed by atoms with Crippen LogP contribution in [0.5, 0.6) is 5.75 Å². The molecule has 0 radical (unpaired) electrons. The minimum Gasteiger partial charge on any atom is -0.481 e. The van der Waals surface area contributed by atoms with Crippen molar-refractivity contribution in [1.29, 1.82) is 0 Å². The molecule has 14 nitrogen and oxygen atoms in total. The summed E-state index contributed by atoms with van der Waals surface area (Å²) in [7, 11) is 4.44. The van der Waals surface area contributed by atoms with E-state index in [4.69, 9.17) is 34.0 Å². The standard InChI is InChI=1S/C16H19NO9.C2H4O2.C2H6O.C2H4O/c1-9(19)24-11-6-14(16(20)23-2)26-15(7-11)25-13-4-3-10(8-18)5-12(13)17(21)22;1-2(3)4;1-3-2;1-2-3/h3-5,11,14-15,18H,6-8H2,1-2H3;1H3,(H,3,4);1-2H3;2H,1H3. The molecule has 2 rings (SSSR count). The van der Waals surface area contributed by atoms with Crippen LogP contribution >= 0.6 is 0 Å². The lowest BCUT2D eigenvalue weighted by atomic mass is 10.0. The topological polar surface area (TPSA) is 198 Å². The van der Waals surface area contributed by atoms with Crippen molar-refractivity contribution < 1.29 is 58.0 Å². The van der Waals surface area contributed by atoms with Gasteiger partial charge in [0.1, 0.15) is 12.4 Å². The Morgan fingerprint density at radius 3 is 2.14 bits per heavy atom. The highest BCUT2D eigenvalue weighted by Gasteiger charge is 2.38. The second-order valence-corrected chi connectivity index (χ2v) is 6.78. The summed E-state index contributed by atoms with van der Waals surface area (Å²) in [5, 5.41) is 27.7. The molecule has 3 atom stereocenters. The molecule has 0 saturated carbocycles. The fourth-order valence-corrected chi connectivity index (χ4v) is 2.58. The number of nitrogens with zero attached hydrogens (tertiary/aromatic N) is 1. The average Bonchev–Trinajstić information content (AvgIpc) is 2.78. The molecule has 1 aliphatic rings. The molecule has 204 valence electrons. The molecule has 0 aromatic heterocycles. The zero-order valence-electron chi connectivity index (χ0n) is 21.0. The van der Waals surface area contributed by atoms with E-state index in [-0.39, 0.29) is 30.9 Å². The summed E-state index contributed by atoms with van der Waals surface area (Å²) >= 11 is 0. The van der Waals surface area contributed by atoms with Crippen LogP contribution in [0.4, 0.5) is 5.69 Å². The summed E-state index contributed by atoms with van der Waals surface area (Å²) in [6.07, 6.45) is -1.82. The van der Waals surface area contributed by atoms with Crippen molar-refractivity contribution in [2.24, 2.45) is 0 Å². The summed E-state index contributed by atoms with van der Waals surface area (Å²) < 4.78 is 25.0. The van der Waals surface area contributed by atoms with Crippen molar-refractivity contribution in [3.05, 3.63) is 33.9 Å². The van der Waals surface area contributed by atoms with Gasteiger partial charge in [0.2, 0.25) is 6.29 Å². The molecule has 2 N–H and O–H groups in total. The van der Waals surface area contributed by atoms with Gasteiger partial charge in [-0.25, -0.2) is 4.79 Å². The predicted octanol–water partition coefficient (Wildman–Crippen LogP) is 1.63. The van der Waals surface area contributed by atoms with Gasteiger partial charge in [0.15, 0.2) is 11.9 Å². The molecule has 1 aliphatic heterocycles. The average molecular weight is 520 g/mol. The van der Waals surface area contributed by atoms with Crippen LogP contribution in [-0.2, 0) is 44.7 Å². The smallest absolute Gasteiger partial charge is 0.335 e. The van der Waals surface area contributed by atoms with E-state index in [2.05, 4.69) is 9.47 Å². The first-order valence-electron chi connectivity index (χ1n) is 10.3. The van der Waals surface area contributed by atoms with Crippen molar-refractivity contribution in [2.45, 2.75) is 58.7 Å². The van der Waals surface area contributed by atoms with Crippen LogP contribution in [0, 0.1) is 10.1 Å². The number of nitro groups is 1. The zero-order valence-corrected chi connectivity index (χ0v) is 21.0. The van der Waals surface area contributed by atoms with E-state index in [1.807, 2.05) is 0 Å². The van der Waals surface area contributed by atoms with Gasteiger partial charge in [-0.15, -0.1) is 0 Å². The van der Waals surface area contributed by atoms with Crippen LogP contribution in [-0.4, -0.2) is 79.2 Å². The molecular weight excluding hydrogens is 486 g/mol. The highest BCUT2D eigenvalue weighted by molar-refractivity contribution is 5.74. The number of hydrogen-bond acceptors (Lipinski definition) is 12. The zero-order chi connectivity index (χ0) is 28.3. The quantitative estimate of drug-likeness (QED) is 0.238. The number of aldehydes is 1. The molecular formula is C22H33NO13. The van der Waals surface area contributed by atoms with Crippen LogP contribution < -0.4 is 4.74 Å². The highest BCUT2D eigenvalue weighted by atomic mass is 16.7. The summed E-state index contributed by atoms with van der Waals surface area (Å²) in [6.45, 7) is 3.40. The summed E-state index contributed by atoms with van der Waals surface area (Å²) in [5.74, 6) is -2.12. The molecule has 3 unspecified atom stereocenters. The number of aliphatic carboxylic acids is 1. The molecule has 1 saturated heterocycles. The molecule has 0 aliphatic carbocycles. The number of esters is 2. The Kier molecular flexibility index (Phi) is 18.9. The van der Waals surface area contributed by atoms with Crippen LogP contribution in [0.15, 0.2) is 18.2 Å². The largest absolute Gasteiger partial charge is 0.481 e. The molecule has 36 heavy (non-hydrogen) atoms. The van der Waals surface area contributed by atoms with Gasteiger partial charge >= 0.3 is 17.6 Å². The van der Waals surface area contributed by atoms with Crippen LogP contribution in [0.2, 0.25) is 0 Å². The normalized spacial score (nSPS) is 17.7. The molecule has 1 aromatic rings. The number of carbonyl (C=O) groups excluding carboxylic acids is 3. The van der Waals surface area contributed by atoms with Gasteiger partial charge in [0.05, 0.1) is 18.6 Å². The van der Waals surface area contributed by atoms with Crippen molar-refractivity contribution in [3.8, 4) is 5.75 Å². The lowest BCUT2D eigenvalue weighted by Crippen LogP contribution is -2.44. The number of rotatable bonds is 6. The van der Waals surface area contributed by atoms with Gasteiger partial charge < -0.3 is 38.7 Å². The van der Waals surface area contributed by atoms with Gasteiger partial charge in [-0.3, -0.25) is 19.7 Å². The van der Waals surface area contributed by atoms with Gasteiger partial charge in [-0.2, -0.15) is 0 Å². The third kappa shape index (κ3) is 15.3. The Morgan fingerprint density at radius 2 is 1.72 bits per heavy atom. The Morgan fingerprint density at radius 1 is 1.19 bits per heavy atom. The monoisotopic (exact) mass is 519 g/mol. The molecule has 1 aromatic carbocycles. The van der Waals surface area contributed by atoms with Gasteiger partial charge in [0.25, 0.3) is 5.97 Å². The number of ether oxygens (including phenoxy) is 5. The van der Waals surface area contributed by atoms with E-state index in [0.29, 0.717) is 5.56 Å². The third-order valence-electron chi connectivity index (χ3n) is 3.71. The van der Waals surface area contributed by atoms with Crippen molar-refractivity contribution >= 4 is 29.9 Å². The fourth-order valence-electron chi connectivity index (χ4n) is 2.58. The SMILES string of the molecule is CC(=O)O.CC=O.COC.COC(=O)C1CC(OC(C)=O)CC(Oc2ccc(CO)cc2[N+](=O)[O-])O1. The van der Waals surface area contributed by atoms with E-state index in [0.717, 1.165) is 13.2 Å². The molecule has 1 heterocycles. The maximum atomic E-state index is 11.8.